The van der Waals surface area contributed by atoms with Gasteiger partial charge in [0.1, 0.15) is 10.1 Å². The molecule has 2 heterocycles. The van der Waals surface area contributed by atoms with Gasteiger partial charge >= 0.3 is 5.97 Å². The standard InChI is InChI=1S/C11H7N5O2S2/c12-16-15-5-1-2-6-8(3-5)20-10(13-6)9-14-7(4-19-9)11(17)18/h1-3,7H,4H2,(H,17,18)/t7-/m0/s1. The van der Waals surface area contributed by atoms with Gasteiger partial charge in [0.05, 0.1) is 10.2 Å². The topological polar surface area (TPSA) is 111 Å². The summed E-state index contributed by atoms with van der Waals surface area (Å²) < 4.78 is 0.881. The van der Waals surface area contributed by atoms with Crippen LogP contribution >= 0.6 is 23.1 Å². The third-order valence-corrected chi connectivity index (χ3v) is 4.86. The van der Waals surface area contributed by atoms with E-state index in [0.29, 0.717) is 21.5 Å². The number of thioether (sulfide) groups is 1. The van der Waals surface area contributed by atoms with E-state index in [1.807, 2.05) is 0 Å². The van der Waals surface area contributed by atoms with E-state index in [-0.39, 0.29) is 0 Å². The fourth-order valence-corrected chi connectivity index (χ4v) is 3.83. The number of carboxylic acids is 1. The quantitative estimate of drug-likeness (QED) is 0.533. The highest BCUT2D eigenvalue weighted by molar-refractivity contribution is 8.15. The summed E-state index contributed by atoms with van der Waals surface area (Å²) in [6.07, 6.45) is 0. The van der Waals surface area contributed by atoms with Gasteiger partial charge in [-0.25, -0.2) is 9.78 Å². The van der Waals surface area contributed by atoms with E-state index < -0.39 is 12.0 Å². The average molecular weight is 305 g/mol. The number of nitrogens with zero attached hydrogens (tertiary/aromatic N) is 5. The summed E-state index contributed by atoms with van der Waals surface area (Å²) in [5.74, 6) is -0.482. The number of aliphatic imine (C=N–C) groups is 1. The van der Waals surface area contributed by atoms with Crippen LogP contribution in [0, 0.1) is 0 Å². The highest BCUT2D eigenvalue weighted by atomic mass is 32.2. The third-order valence-electron chi connectivity index (χ3n) is 2.65. The van der Waals surface area contributed by atoms with Gasteiger partial charge < -0.3 is 5.11 Å². The molecule has 1 aliphatic heterocycles. The number of carboxylic acid groups (broad SMARTS) is 1. The molecule has 0 spiro atoms. The fraction of sp³-hybridized carbons (Fsp3) is 0.182. The van der Waals surface area contributed by atoms with Crippen LogP contribution in [0.1, 0.15) is 5.01 Å². The molecule has 9 heteroatoms. The number of thiazole rings is 1. The minimum Gasteiger partial charge on any atom is -0.480 e. The molecule has 0 radical (unpaired) electrons. The summed E-state index contributed by atoms with van der Waals surface area (Å²) >= 11 is 2.81. The molecule has 2 aromatic rings. The smallest absolute Gasteiger partial charge is 0.329 e. The summed E-state index contributed by atoms with van der Waals surface area (Å²) in [6, 6.07) is 4.52. The van der Waals surface area contributed by atoms with E-state index in [4.69, 9.17) is 10.6 Å². The van der Waals surface area contributed by atoms with E-state index >= 15 is 0 Å². The Bertz CT molecular complexity index is 778. The van der Waals surface area contributed by atoms with Crippen LogP contribution in [0.15, 0.2) is 28.3 Å². The van der Waals surface area contributed by atoms with Crippen molar-refractivity contribution >= 4 is 50.0 Å². The van der Waals surface area contributed by atoms with Crippen molar-refractivity contribution in [3.63, 3.8) is 0 Å². The second kappa shape index (κ2) is 5.12. The molecule has 1 aromatic heterocycles. The van der Waals surface area contributed by atoms with Gasteiger partial charge in [0, 0.05) is 16.4 Å². The lowest BCUT2D eigenvalue weighted by Gasteiger charge is -1.93. The van der Waals surface area contributed by atoms with E-state index in [1.54, 1.807) is 18.2 Å². The number of azide groups is 1. The van der Waals surface area contributed by atoms with Gasteiger partial charge in [-0.2, -0.15) is 0 Å². The van der Waals surface area contributed by atoms with Crippen molar-refractivity contribution in [2.24, 2.45) is 10.1 Å². The second-order valence-electron chi connectivity index (χ2n) is 3.96. The second-order valence-corrected chi connectivity index (χ2v) is 6.00. The zero-order valence-corrected chi connectivity index (χ0v) is 11.6. The van der Waals surface area contributed by atoms with E-state index in [0.717, 1.165) is 10.2 Å². The zero-order chi connectivity index (χ0) is 14.1. The van der Waals surface area contributed by atoms with Gasteiger partial charge in [-0.1, -0.05) is 11.2 Å². The fourth-order valence-electron chi connectivity index (χ4n) is 1.74. The first-order chi connectivity index (χ1) is 9.67. The van der Waals surface area contributed by atoms with Crippen LogP contribution in [-0.4, -0.2) is 32.9 Å². The number of rotatable bonds is 3. The van der Waals surface area contributed by atoms with Gasteiger partial charge in [0.15, 0.2) is 6.04 Å². The molecule has 0 saturated carbocycles. The maximum absolute atomic E-state index is 10.9. The number of aromatic nitrogens is 1. The summed E-state index contributed by atoms with van der Waals surface area (Å²) in [5.41, 5.74) is 9.73. The molecule has 3 rings (SSSR count). The molecule has 1 N–H and O–H groups in total. The Labute approximate surface area is 121 Å². The van der Waals surface area contributed by atoms with Gasteiger partial charge in [-0.3, -0.25) is 4.99 Å². The largest absolute Gasteiger partial charge is 0.480 e. The molecule has 0 aliphatic carbocycles. The Balaban J connectivity index is 1.99. The highest BCUT2D eigenvalue weighted by Crippen LogP contribution is 2.31. The van der Waals surface area contributed by atoms with Crippen LogP contribution in [0.4, 0.5) is 5.69 Å². The van der Waals surface area contributed by atoms with Crippen molar-refractivity contribution in [1.29, 1.82) is 0 Å². The normalized spacial score (nSPS) is 17.8. The molecule has 1 aliphatic rings. The van der Waals surface area contributed by atoms with Gasteiger partial charge in [0.25, 0.3) is 0 Å². The number of fused-ring (bicyclic) bond motifs is 1. The Kier molecular flexibility index (Phi) is 3.31. The molecular weight excluding hydrogens is 298 g/mol. The Morgan fingerprint density at radius 3 is 3.10 bits per heavy atom. The maximum atomic E-state index is 10.9. The monoisotopic (exact) mass is 305 g/mol. The summed E-state index contributed by atoms with van der Waals surface area (Å²) in [5, 5.41) is 13.8. The number of hydrogen-bond acceptors (Lipinski definition) is 6. The maximum Gasteiger partial charge on any atom is 0.329 e. The van der Waals surface area contributed by atoms with Gasteiger partial charge in [0.2, 0.25) is 0 Å². The van der Waals surface area contributed by atoms with Crippen molar-refractivity contribution in [2.45, 2.75) is 6.04 Å². The molecule has 0 amide bonds. The molecule has 1 aromatic carbocycles. The molecule has 0 saturated heterocycles. The molecule has 20 heavy (non-hydrogen) atoms. The van der Waals surface area contributed by atoms with Crippen LogP contribution in [0.3, 0.4) is 0 Å². The number of benzene rings is 1. The van der Waals surface area contributed by atoms with Crippen molar-refractivity contribution in [1.82, 2.24) is 4.98 Å². The summed E-state index contributed by atoms with van der Waals surface area (Å²) in [4.78, 5) is 22.2. The molecule has 1 atom stereocenters. The SMILES string of the molecule is [N-]=[N+]=Nc1ccc2nc(C3=N[C@H](C(=O)O)CS3)sc2c1. The van der Waals surface area contributed by atoms with E-state index in [9.17, 15) is 4.79 Å². The predicted octanol–water partition coefficient (Wildman–Crippen LogP) is 3.18. The molecule has 0 fully saturated rings. The first kappa shape index (κ1) is 12.9. The number of aliphatic carboxylic acids is 1. The lowest BCUT2D eigenvalue weighted by molar-refractivity contribution is -0.137. The van der Waals surface area contributed by atoms with Crippen LogP contribution < -0.4 is 0 Å². The number of hydrogen-bond donors (Lipinski definition) is 1. The minimum atomic E-state index is -0.917. The Morgan fingerprint density at radius 2 is 2.40 bits per heavy atom. The first-order valence-corrected chi connectivity index (χ1v) is 7.37. The van der Waals surface area contributed by atoms with Crippen molar-refractivity contribution in [3.05, 3.63) is 33.6 Å². The molecule has 0 unspecified atom stereocenters. The van der Waals surface area contributed by atoms with Crippen LogP contribution in [-0.2, 0) is 4.79 Å². The van der Waals surface area contributed by atoms with Crippen LogP contribution in [0.5, 0.6) is 0 Å². The number of carbonyl (C=O) groups is 1. The Morgan fingerprint density at radius 1 is 1.55 bits per heavy atom. The first-order valence-electron chi connectivity index (χ1n) is 5.57. The van der Waals surface area contributed by atoms with Crippen LogP contribution in [0.25, 0.3) is 20.7 Å². The molecule has 7 nitrogen and oxygen atoms in total. The van der Waals surface area contributed by atoms with Gasteiger partial charge in [-0.05, 0) is 17.7 Å². The lowest BCUT2D eigenvalue weighted by Crippen LogP contribution is -2.17. The minimum absolute atomic E-state index is 0.435. The molecule has 0 bridgehead atoms. The van der Waals surface area contributed by atoms with Crippen LogP contribution in [0.2, 0.25) is 0 Å². The van der Waals surface area contributed by atoms with Gasteiger partial charge in [-0.15, -0.1) is 23.1 Å². The highest BCUT2D eigenvalue weighted by Gasteiger charge is 2.26. The lowest BCUT2D eigenvalue weighted by atomic mass is 10.3. The van der Waals surface area contributed by atoms with E-state index in [2.05, 4.69) is 20.0 Å². The Hall–Kier alpha value is -2.09. The summed E-state index contributed by atoms with van der Waals surface area (Å²) in [7, 11) is 0. The van der Waals surface area contributed by atoms with Crippen molar-refractivity contribution in [3.8, 4) is 0 Å². The van der Waals surface area contributed by atoms with E-state index in [1.165, 1.54) is 23.1 Å². The van der Waals surface area contributed by atoms with Crippen molar-refractivity contribution < 1.29 is 9.90 Å². The molecular formula is C11H7N5O2S2. The zero-order valence-electron chi connectivity index (χ0n) is 9.92. The average Bonchev–Trinajstić information content (AvgIpc) is 3.05. The van der Waals surface area contributed by atoms with Crippen molar-refractivity contribution in [2.75, 3.05) is 5.75 Å². The predicted molar refractivity (Wildman–Crippen MR) is 78.8 cm³/mol. The third kappa shape index (κ3) is 2.34. The summed E-state index contributed by atoms with van der Waals surface area (Å²) in [6.45, 7) is 0. The molecule has 100 valence electrons.